The van der Waals surface area contributed by atoms with Crippen molar-refractivity contribution in [2.75, 3.05) is 5.32 Å². The van der Waals surface area contributed by atoms with Gasteiger partial charge in [-0.25, -0.2) is 4.79 Å². The van der Waals surface area contributed by atoms with Crippen LogP contribution in [0.15, 0.2) is 36.4 Å². The number of urea groups is 1. The van der Waals surface area contributed by atoms with Crippen LogP contribution in [-0.4, -0.2) is 17.2 Å². The molecule has 2 aromatic rings. The Morgan fingerprint density at radius 3 is 2.80 bits per heavy atom. The number of thiophene rings is 1. The SMILES string of the molecule is Cc1ccc(NC(=O)N[C@@H]2Cc3ccccc3[C@@H]2O)s1. The zero-order chi connectivity index (χ0) is 14.1. The Kier molecular flexibility index (Phi) is 3.46. The van der Waals surface area contributed by atoms with E-state index >= 15 is 0 Å². The predicted octanol–water partition coefficient (Wildman–Crippen LogP) is 2.84. The molecule has 2 amide bonds. The van der Waals surface area contributed by atoms with Gasteiger partial charge in [-0.15, -0.1) is 11.3 Å². The zero-order valence-electron chi connectivity index (χ0n) is 11.1. The number of carbonyl (C=O) groups excluding carboxylic acids is 1. The number of fused-ring (bicyclic) bond motifs is 1. The molecule has 1 aliphatic rings. The van der Waals surface area contributed by atoms with E-state index in [0.717, 1.165) is 21.0 Å². The molecule has 1 aromatic carbocycles. The van der Waals surface area contributed by atoms with Gasteiger partial charge in [0.05, 0.1) is 17.1 Å². The second-order valence-corrected chi connectivity index (χ2v) is 6.25. The van der Waals surface area contributed by atoms with E-state index in [1.54, 1.807) is 0 Å². The molecule has 0 saturated carbocycles. The summed E-state index contributed by atoms with van der Waals surface area (Å²) in [6.07, 6.45) is 0.0239. The highest BCUT2D eigenvalue weighted by atomic mass is 32.1. The maximum Gasteiger partial charge on any atom is 0.320 e. The first-order chi connectivity index (χ1) is 9.63. The minimum atomic E-state index is -0.637. The number of carbonyl (C=O) groups is 1. The van der Waals surface area contributed by atoms with Gasteiger partial charge in [0, 0.05) is 4.88 Å². The number of aryl methyl sites for hydroxylation is 1. The van der Waals surface area contributed by atoms with Crippen LogP contribution in [0.3, 0.4) is 0 Å². The van der Waals surface area contributed by atoms with Crippen molar-refractivity contribution in [2.45, 2.75) is 25.5 Å². The van der Waals surface area contributed by atoms with Crippen molar-refractivity contribution in [1.29, 1.82) is 0 Å². The van der Waals surface area contributed by atoms with E-state index in [9.17, 15) is 9.90 Å². The van der Waals surface area contributed by atoms with Crippen molar-refractivity contribution in [3.63, 3.8) is 0 Å². The minimum Gasteiger partial charge on any atom is -0.386 e. The molecular formula is C15H16N2O2S. The van der Waals surface area contributed by atoms with E-state index < -0.39 is 6.10 Å². The van der Waals surface area contributed by atoms with Crippen LogP contribution in [-0.2, 0) is 6.42 Å². The molecule has 0 radical (unpaired) electrons. The van der Waals surface area contributed by atoms with E-state index in [4.69, 9.17) is 0 Å². The van der Waals surface area contributed by atoms with Crippen molar-refractivity contribution in [3.8, 4) is 0 Å². The van der Waals surface area contributed by atoms with Crippen LogP contribution in [0, 0.1) is 6.92 Å². The number of hydrogen-bond acceptors (Lipinski definition) is 3. The minimum absolute atomic E-state index is 0.270. The molecule has 2 atom stereocenters. The van der Waals surface area contributed by atoms with E-state index in [1.807, 2.05) is 43.3 Å². The molecule has 3 rings (SSSR count). The largest absolute Gasteiger partial charge is 0.386 e. The number of amides is 2. The van der Waals surface area contributed by atoms with Crippen molar-refractivity contribution >= 4 is 22.4 Å². The quantitative estimate of drug-likeness (QED) is 0.795. The highest BCUT2D eigenvalue weighted by Gasteiger charge is 2.31. The first kappa shape index (κ1) is 13.1. The van der Waals surface area contributed by atoms with Crippen molar-refractivity contribution < 1.29 is 9.90 Å². The molecule has 0 unspecified atom stereocenters. The molecule has 3 N–H and O–H groups in total. The van der Waals surface area contributed by atoms with Crippen molar-refractivity contribution in [1.82, 2.24) is 5.32 Å². The average molecular weight is 288 g/mol. The smallest absolute Gasteiger partial charge is 0.320 e. The lowest BCUT2D eigenvalue weighted by Crippen LogP contribution is -2.40. The lowest BCUT2D eigenvalue weighted by Gasteiger charge is -2.17. The standard InChI is InChI=1S/C15H16N2O2S/c1-9-6-7-13(20-9)17-15(19)16-12-8-10-4-2-3-5-11(10)14(12)18/h2-7,12,14,18H,8H2,1H3,(H2,16,17,19)/t12-,14+/m1/s1. The molecule has 0 saturated heterocycles. The summed E-state index contributed by atoms with van der Waals surface area (Å²) in [6, 6.07) is 11.0. The maximum atomic E-state index is 11.9. The second-order valence-electron chi connectivity index (χ2n) is 4.96. The van der Waals surface area contributed by atoms with Crippen molar-refractivity contribution in [2.24, 2.45) is 0 Å². The molecule has 20 heavy (non-hydrogen) atoms. The van der Waals surface area contributed by atoms with Gasteiger partial charge in [0.1, 0.15) is 0 Å². The molecule has 1 aliphatic carbocycles. The van der Waals surface area contributed by atoms with Crippen LogP contribution in [0.1, 0.15) is 22.1 Å². The highest BCUT2D eigenvalue weighted by molar-refractivity contribution is 7.16. The number of anilines is 1. The molecule has 0 aliphatic heterocycles. The van der Waals surface area contributed by atoms with Gasteiger partial charge in [-0.2, -0.15) is 0 Å². The van der Waals surface area contributed by atoms with Crippen LogP contribution in [0.5, 0.6) is 0 Å². The topological polar surface area (TPSA) is 61.4 Å². The van der Waals surface area contributed by atoms with Gasteiger partial charge in [0.25, 0.3) is 0 Å². The second kappa shape index (κ2) is 5.26. The summed E-state index contributed by atoms with van der Waals surface area (Å²) in [6.45, 7) is 1.99. The van der Waals surface area contributed by atoms with Crippen LogP contribution >= 0.6 is 11.3 Å². The summed E-state index contributed by atoms with van der Waals surface area (Å²) in [5.41, 5.74) is 2.00. The summed E-state index contributed by atoms with van der Waals surface area (Å²) in [7, 11) is 0. The van der Waals surface area contributed by atoms with Crippen LogP contribution in [0.2, 0.25) is 0 Å². The van der Waals surface area contributed by atoms with E-state index in [2.05, 4.69) is 10.6 Å². The maximum absolute atomic E-state index is 11.9. The Labute approximate surface area is 121 Å². The number of rotatable bonds is 2. The third-order valence-electron chi connectivity index (χ3n) is 3.49. The number of benzene rings is 1. The highest BCUT2D eigenvalue weighted by Crippen LogP contribution is 2.31. The van der Waals surface area contributed by atoms with Gasteiger partial charge < -0.3 is 10.4 Å². The van der Waals surface area contributed by atoms with Gasteiger partial charge in [-0.05, 0) is 36.6 Å². The first-order valence-electron chi connectivity index (χ1n) is 6.53. The Morgan fingerprint density at radius 1 is 1.30 bits per heavy atom. The summed E-state index contributed by atoms with van der Waals surface area (Å²) in [5, 5.41) is 16.7. The van der Waals surface area contributed by atoms with Crippen LogP contribution in [0.25, 0.3) is 0 Å². The third kappa shape index (κ3) is 2.55. The summed E-state index contributed by atoms with van der Waals surface area (Å²) < 4.78 is 0. The average Bonchev–Trinajstić information content (AvgIpc) is 2.95. The molecule has 1 heterocycles. The third-order valence-corrected chi connectivity index (χ3v) is 4.40. The first-order valence-corrected chi connectivity index (χ1v) is 7.35. The number of hydrogen-bond donors (Lipinski definition) is 3. The molecule has 0 fully saturated rings. The fourth-order valence-corrected chi connectivity index (χ4v) is 3.28. The van der Waals surface area contributed by atoms with Crippen LogP contribution < -0.4 is 10.6 Å². The van der Waals surface area contributed by atoms with Gasteiger partial charge in [-0.1, -0.05) is 24.3 Å². The normalized spacial score (nSPS) is 20.5. The molecule has 0 bridgehead atoms. The van der Waals surface area contributed by atoms with Gasteiger partial charge >= 0.3 is 6.03 Å². The number of aliphatic hydroxyl groups excluding tert-OH is 1. The van der Waals surface area contributed by atoms with Gasteiger partial charge in [0.15, 0.2) is 0 Å². The van der Waals surface area contributed by atoms with Gasteiger partial charge in [-0.3, -0.25) is 5.32 Å². The van der Waals surface area contributed by atoms with E-state index in [1.165, 1.54) is 11.3 Å². The summed E-state index contributed by atoms with van der Waals surface area (Å²) in [4.78, 5) is 13.1. The summed E-state index contributed by atoms with van der Waals surface area (Å²) in [5.74, 6) is 0. The fourth-order valence-electron chi connectivity index (χ4n) is 2.52. The number of nitrogens with one attached hydrogen (secondary N) is 2. The van der Waals surface area contributed by atoms with Crippen molar-refractivity contribution in [3.05, 3.63) is 52.4 Å². The Morgan fingerprint density at radius 2 is 2.10 bits per heavy atom. The van der Waals surface area contributed by atoms with E-state index in [-0.39, 0.29) is 12.1 Å². The fraction of sp³-hybridized carbons (Fsp3) is 0.267. The Bertz CT molecular complexity index is 638. The van der Waals surface area contributed by atoms with Crippen LogP contribution in [0.4, 0.5) is 9.80 Å². The molecule has 0 spiro atoms. The lowest BCUT2D eigenvalue weighted by molar-refractivity contribution is 0.145. The number of aliphatic hydroxyl groups is 1. The molecule has 5 heteroatoms. The Balaban J connectivity index is 1.63. The zero-order valence-corrected chi connectivity index (χ0v) is 11.9. The molecule has 104 valence electrons. The molecular weight excluding hydrogens is 272 g/mol. The molecule has 1 aromatic heterocycles. The predicted molar refractivity (Wildman–Crippen MR) is 80.1 cm³/mol. The van der Waals surface area contributed by atoms with E-state index in [0.29, 0.717) is 6.42 Å². The monoisotopic (exact) mass is 288 g/mol. The molecule has 4 nitrogen and oxygen atoms in total. The lowest BCUT2D eigenvalue weighted by atomic mass is 10.1. The summed E-state index contributed by atoms with van der Waals surface area (Å²) >= 11 is 1.53. The van der Waals surface area contributed by atoms with Gasteiger partial charge in [0.2, 0.25) is 0 Å². The Hall–Kier alpha value is -1.85.